The zero-order valence-corrected chi connectivity index (χ0v) is 6.96. The molecule has 0 radical (unpaired) electrons. The first-order valence-electron chi connectivity index (χ1n) is 2.14. The van der Waals surface area contributed by atoms with Crippen LogP contribution in [-0.2, 0) is 31.2 Å². The summed E-state index contributed by atoms with van der Waals surface area (Å²) in [4.78, 5) is 9.93. The molecule has 0 amide bonds. The molecule has 0 bridgehead atoms. The fourth-order valence-corrected chi connectivity index (χ4v) is 0.0481. The smallest absolute Gasteiger partial charge is 0.151 e. The molecular weight excluding hydrogens is 140 g/mol. The van der Waals surface area contributed by atoms with Crippen LogP contribution in [-0.4, -0.2) is 19.0 Å². The number of hydrogen-bond donors (Lipinski definition) is 0. The molecule has 0 aromatic rings. The largest absolute Gasteiger partial charge is 0.371 e. The van der Waals surface area contributed by atoms with E-state index in [4.69, 9.17) is 4.74 Å². The Balaban J connectivity index is 0. The van der Waals surface area contributed by atoms with Gasteiger partial charge in [-0.1, -0.05) is 0 Å². The minimum absolute atomic E-state index is 0. The average Bonchev–Trinajstić information content (AvgIpc) is 1.68. The molecule has 0 spiro atoms. The molecule has 0 aromatic heterocycles. The van der Waals surface area contributed by atoms with Gasteiger partial charge in [0.2, 0.25) is 0 Å². The molecule has 0 saturated carbocycles. The van der Waals surface area contributed by atoms with Gasteiger partial charge in [0.25, 0.3) is 0 Å². The van der Waals surface area contributed by atoms with E-state index in [0.29, 0.717) is 0 Å². The Morgan fingerprint density at radius 3 is 1.88 bits per heavy atom. The van der Waals surface area contributed by atoms with Crippen molar-refractivity contribution >= 4 is 6.29 Å². The molecule has 0 N–H and O–H groups in total. The van der Waals surface area contributed by atoms with Gasteiger partial charge in [-0.3, -0.25) is 0 Å². The Bertz CT molecular complexity index is 70.8. The number of carbonyl (C=O) groups excluding carboxylic acids is 1. The van der Waals surface area contributed by atoms with Gasteiger partial charge in [-0.2, -0.15) is 0 Å². The van der Waals surface area contributed by atoms with Crippen molar-refractivity contribution in [1.82, 2.24) is 0 Å². The third kappa shape index (κ3) is 4.50. The molecule has 0 unspecified atom stereocenters. The van der Waals surface area contributed by atoms with E-state index in [0.717, 1.165) is 6.29 Å². The van der Waals surface area contributed by atoms with Crippen LogP contribution in [0.2, 0.25) is 0 Å². The summed E-state index contributed by atoms with van der Waals surface area (Å²) >= 11 is 0. The van der Waals surface area contributed by atoms with E-state index in [-0.39, 0.29) is 21.7 Å². The number of aldehydes is 1. The summed E-state index contributed by atoms with van der Waals surface area (Å²) in [7, 11) is 1.51. The summed E-state index contributed by atoms with van der Waals surface area (Å²) in [6.45, 7) is 3.42. The van der Waals surface area contributed by atoms with E-state index >= 15 is 0 Å². The number of carbonyl (C=O) groups is 1. The second-order valence-electron chi connectivity index (χ2n) is 1.93. The summed E-state index contributed by atoms with van der Waals surface area (Å²) < 4.78 is 4.72. The van der Waals surface area contributed by atoms with Gasteiger partial charge in [0.1, 0.15) is 5.60 Å². The van der Waals surface area contributed by atoms with Crippen molar-refractivity contribution < 1.29 is 31.2 Å². The van der Waals surface area contributed by atoms with Crippen LogP contribution in [0.25, 0.3) is 0 Å². The zero-order chi connectivity index (χ0) is 5.91. The summed E-state index contributed by atoms with van der Waals surface area (Å²) in [6, 6.07) is 0. The van der Waals surface area contributed by atoms with E-state index in [2.05, 4.69) is 0 Å². The number of rotatable bonds is 2. The van der Waals surface area contributed by atoms with Gasteiger partial charge >= 0.3 is 0 Å². The van der Waals surface area contributed by atoms with Crippen LogP contribution in [0.4, 0.5) is 0 Å². The van der Waals surface area contributed by atoms with Crippen LogP contribution < -0.4 is 0 Å². The summed E-state index contributed by atoms with van der Waals surface area (Å²) in [6.07, 6.45) is 0.771. The van der Waals surface area contributed by atoms with E-state index in [1.54, 1.807) is 13.8 Å². The fraction of sp³-hybridized carbons (Fsp3) is 0.800. The molecule has 0 aliphatic heterocycles. The number of methoxy groups -OCH3 is 1. The molecule has 0 aromatic carbocycles. The van der Waals surface area contributed by atoms with Crippen molar-refractivity contribution in [1.29, 1.82) is 0 Å². The van der Waals surface area contributed by atoms with E-state index < -0.39 is 5.60 Å². The maximum Gasteiger partial charge on any atom is 0.151 e. The van der Waals surface area contributed by atoms with Crippen LogP contribution in [0.5, 0.6) is 0 Å². The fourth-order valence-electron chi connectivity index (χ4n) is 0.0481. The van der Waals surface area contributed by atoms with E-state index in [9.17, 15) is 4.79 Å². The number of ether oxygens (including phenoxy) is 1. The van der Waals surface area contributed by atoms with Crippen LogP contribution >= 0.6 is 0 Å². The Morgan fingerprint density at radius 2 is 1.88 bits per heavy atom. The van der Waals surface area contributed by atoms with Crippen molar-refractivity contribution in [2.75, 3.05) is 7.11 Å². The minimum atomic E-state index is -0.597. The monoisotopic (exact) mass is 150 g/mol. The van der Waals surface area contributed by atoms with Crippen LogP contribution in [0, 0.1) is 0 Å². The maximum absolute atomic E-state index is 9.93. The quantitative estimate of drug-likeness (QED) is 0.425. The predicted molar refractivity (Wildman–Crippen MR) is 27.2 cm³/mol. The Labute approximate surface area is 64.5 Å². The van der Waals surface area contributed by atoms with Crippen molar-refractivity contribution in [3.63, 3.8) is 0 Å². The molecule has 0 aliphatic rings. The molecule has 0 fully saturated rings. The van der Waals surface area contributed by atoms with Crippen molar-refractivity contribution in [2.24, 2.45) is 0 Å². The molecule has 0 rings (SSSR count). The van der Waals surface area contributed by atoms with Gasteiger partial charge in [-0.25, -0.2) is 0 Å². The van der Waals surface area contributed by atoms with E-state index in [1.807, 2.05) is 0 Å². The molecule has 0 atom stereocenters. The summed E-state index contributed by atoms with van der Waals surface area (Å²) in [5.41, 5.74) is -0.597. The van der Waals surface area contributed by atoms with Gasteiger partial charge in [-0.15, -0.1) is 0 Å². The van der Waals surface area contributed by atoms with Crippen molar-refractivity contribution in [3.05, 3.63) is 0 Å². The van der Waals surface area contributed by atoms with Gasteiger partial charge in [0.05, 0.1) is 0 Å². The molecular formula is C5H10O2Ti. The van der Waals surface area contributed by atoms with Crippen molar-refractivity contribution in [2.45, 2.75) is 19.4 Å². The summed E-state index contributed by atoms with van der Waals surface area (Å²) in [5.74, 6) is 0. The molecule has 2 nitrogen and oxygen atoms in total. The Hall–Kier alpha value is 0.344. The summed E-state index contributed by atoms with van der Waals surface area (Å²) in [5, 5.41) is 0. The molecule has 46 valence electrons. The molecule has 3 heteroatoms. The molecule has 8 heavy (non-hydrogen) atoms. The maximum atomic E-state index is 9.93. The van der Waals surface area contributed by atoms with E-state index in [1.165, 1.54) is 7.11 Å². The zero-order valence-electron chi connectivity index (χ0n) is 5.39. The van der Waals surface area contributed by atoms with Gasteiger partial charge in [0.15, 0.2) is 6.29 Å². The number of hydrogen-bond acceptors (Lipinski definition) is 2. The molecule has 0 aliphatic carbocycles. The standard InChI is InChI=1S/C5H10O2.Ti/c1-5(2,4-6)7-3;/h4H,1-3H3;. The van der Waals surface area contributed by atoms with Gasteiger partial charge in [-0.05, 0) is 13.8 Å². The van der Waals surface area contributed by atoms with Crippen LogP contribution in [0.15, 0.2) is 0 Å². The van der Waals surface area contributed by atoms with Crippen LogP contribution in [0.1, 0.15) is 13.8 Å². The first-order chi connectivity index (χ1) is 3.12. The topological polar surface area (TPSA) is 26.3 Å². The predicted octanol–water partition coefficient (Wildman–Crippen LogP) is 0.608. The van der Waals surface area contributed by atoms with Crippen molar-refractivity contribution in [3.8, 4) is 0 Å². The first kappa shape index (κ1) is 11.2. The van der Waals surface area contributed by atoms with Crippen LogP contribution in [0.3, 0.4) is 0 Å². The first-order valence-corrected chi connectivity index (χ1v) is 2.14. The Morgan fingerprint density at radius 1 is 1.50 bits per heavy atom. The molecule has 0 saturated heterocycles. The minimum Gasteiger partial charge on any atom is -0.371 e. The second-order valence-corrected chi connectivity index (χ2v) is 1.93. The molecule has 0 heterocycles. The third-order valence-electron chi connectivity index (χ3n) is 0.810. The average molecular weight is 150 g/mol. The normalized spacial score (nSPS) is 9.88. The third-order valence-corrected chi connectivity index (χ3v) is 0.810. The van der Waals surface area contributed by atoms with Gasteiger partial charge < -0.3 is 9.53 Å². The second kappa shape index (κ2) is 4.25. The Kier molecular flexibility index (Phi) is 5.93. The van der Waals surface area contributed by atoms with Gasteiger partial charge in [0, 0.05) is 28.8 Å². The SMILES string of the molecule is COC(C)(C)C=O.[Ti].